The number of hydrogen-bond acceptors (Lipinski definition) is 8. The van der Waals surface area contributed by atoms with Gasteiger partial charge in [-0.05, 0) is 36.6 Å². The Hall–Kier alpha value is -3.18. The number of carbonyl (C=O) groups is 2. The number of hydrogen-bond donors (Lipinski definition) is 4. The molecule has 192 valence electrons. The molecule has 1 aliphatic heterocycles. The molecular formula is C25H33NO9. The monoisotopic (exact) mass is 491 g/mol. The van der Waals surface area contributed by atoms with Crippen molar-refractivity contribution < 1.29 is 44.2 Å². The SMILES string of the molecule is COc1cccc(COCC(O)CN(Cc2ccccc2O)CC2CCCO2)c1.O=C(O)C(=O)O. The van der Waals surface area contributed by atoms with E-state index in [1.54, 1.807) is 13.2 Å². The summed E-state index contributed by atoms with van der Waals surface area (Å²) in [5.41, 5.74) is 1.84. The average molecular weight is 492 g/mol. The molecule has 2 atom stereocenters. The van der Waals surface area contributed by atoms with E-state index in [0.29, 0.717) is 19.7 Å². The van der Waals surface area contributed by atoms with Gasteiger partial charge in [-0.1, -0.05) is 30.3 Å². The van der Waals surface area contributed by atoms with Crippen molar-refractivity contribution in [2.24, 2.45) is 0 Å². The summed E-state index contributed by atoms with van der Waals surface area (Å²) in [5.74, 6) is -2.59. The molecule has 1 aliphatic rings. The van der Waals surface area contributed by atoms with Crippen LogP contribution in [-0.2, 0) is 32.2 Å². The van der Waals surface area contributed by atoms with Crippen LogP contribution in [-0.4, -0.2) is 82.9 Å². The molecule has 4 N–H and O–H groups in total. The number of carboxylic acid groups (broad SMARTS) is 2. The second-order valence-electron chi connectivity index (χ2n) is 8.09. The van der Waals surface area contributed by atoms with E-state index in [1.807, 2.05) is 42.5 Å². The standard InChI is InChI=1S/C23H31NO5.C2H2O4/c1-27-21-8-4-6-18(12-21)16-28-17-20(25)14-24(15-22-9-5-11-29-22)13-19-7-2-3-10-23(19)26;3-1(4)2(5)6/h2-4,6-8,10,12,20,22,25-26H,5,9,11,13-17H2,1H3;(H,3,4)(H,5,6). The molecule has 10 heteroatoms. The molecule has 2 aromatic carbocycles. The van der Waals surface area contributed by atoms with E-state index in [1.165, 1.54) is 0 Å². The van der Waals surface area contributed by atoms with Crippen LogP contribution in [0.4, 0.5) is 0 Å². The van der Waals surface area contributed by atoms with Crippen molar-refractivity contribution in [1.82, 2.24) is 4.90 Å². The first kappa shape index (κ1) is 28.1. The van der Waals surface area contributed by atoms with Gasteiger partial charge in [-0.3, -0.25) is 4.90 Å². The molecule has 0 amide bonds. The summed E-state index contributed by atoms with van der Waals surface area (Å²) in [6, 6.07) is 15.0. The zero-order valence-corrected chi connectivity index (χ0v) is 19.7. The number of benzene rings is 2. The number of para-hydroxylation sites is 1. The van der Waals surface area contributed by atoms with Crippen LogP contribution < -0.4 is 4.74 Å². The lowest BCUT2D eigenvalue weighted by atomic mass is 10.1. The van der Waals surface area contributed by atoms with E-state index in [-0.39, 0.29) is 18.5 Å². The second kappa shape index (κ2) is 14.9. The van der Waals surface area contributed by atoms with Crippen LogP contribution in [0.25, 0.3) is 0 Å². The fraction of sp³-hybridized carbons (Fsp3) is 0.440. The predicted octanol–water partition coefficient (Wildman–Crippen LogP) is 2.12. The van der Waals surface area contributed by atoms with Gasteiger partial charge in [-0.2, -0.15) is 0 Å². The molecule has 2 unspecified atom stereocenters. The van der Waals surface area contributed by atoms with Gasteiger partial charge in [0.05, 0.1) is 32.5 Å². The topological polar surface area (TPSA) is 146 Å². The smallest absolute Gasteiger partial charge is 0.414 e. The number of phenolic OH excluding ortho intramolecular Hbond substituents is 1. The van der Waals surface area contributed by atoms with Gasteiger partial charge in [-0.15, -0.1) is 0 Å². The average Bonchev–Trinajstić information content (AvgIpc) is 3.34. The number of aliphatic hydroxyl groups excluding tert-OH is 1. The molecule has 0 aliphatic carbocycles. The number of carboxylic acids is 2. The molecule has 1 fully saturated rings. The molecule has 0 bridgehead atoms. The van der Waals surface area contributed by atoms with Gasteiger partial charge in [0.15, 0.2) is 0 Å². The van der Waals surface area contributed by atoms with Gasteiger partial charge in [-0.25, -0.2) is 9.59 Å². The molecule has 0 radical (unpaired) electrons. The van der Waals surface area contributed by atoms with Gasteiger partial charge in [0, 0.05) is 31.8 Å². The van der Waals surface area contributed by atoms with Crippen molar-refractivity contribution in [3.63, 3.8) is 0 Å². The molecule has 3 rings (SSSR count). The largest absolute Gasteiger partial charge is 0.508 e. The number of ether oxygens (including phenoxy) is 3. The van der Waals surface area contributed by atoms with E-state index in [9.17, 15) is 10.2 Å². The maximum atomic E-state index is 10.5. The zero-order chi connectivity index (χ0) is 25.6. The Morgan fingerprint density at radius 3 is 2.51 bits per heavy atom. The third kappa shape index (κ3) is 10.7. The molecular weight excluding hydrogens is 458 g/mol. The van der Waals surface area contributed by atoms with Crippen LogP contribution in [0.5, 0.6) is 11.5 Å². The minimum atomic E-state index is -1.82. The predicted molar refractivity (Wildman–Crippen MR) is 126 cm³/mol. The highest BCUT2D eigenvalue weighted by molar-refractivity contribution is 6.27. The lowest BCUT2D eigenvalue weighted by molar-refractivity contribution is -0.159. The van der Waals surface area contributed by atoms with E-state index in [2.05, 4.69) is 4.90 Å². The molecule has 0 aromatic heterocycles. The fourth-order valence-electron chi connectivity index (χ4n) is 3.59. The summed E-state index contributed by atoms with van der Waals surface area (Å²) < 4.78 is 16.7. The number of rotatable bonds is 11. The molecule has 0 spiro atoms. The molecule has 10 nitrogen and oxygen atoms in total. The Morgan fingerprint density at radius 2 is 1.89 bits per heavy atom. The Labute approximate surface area is 204 Å². The van der Waals surface area contributed by atoms with Crippen molar-refractivity contribution in [3.05, 3.63) is 59.7 Å². The van der Waals surface area contributed by atoms with Crippen molar-refractivity contribution >= 4 is 11.9 Å². The van der Waals surface area contributed by atoms with Gasteiger partial charge in [0.1, 0.15) is 11.5 Å². The van der Waals surface area contributed by atoms with Gasteiger partial charge in [0.25, 0.3) is 0 Å². The van der Waals surface area contributed by atoms with Crippen LogP contribution in [0.1, 0.15) is 24.0 Å². The molecule has 1 saturated heterocycles. The third-order valence-corrected chi connectivity index (χ3v) is 5.24. The first-order chi connectivity index (χ1) is 16.8. The second-order valence-corrected chi connectivity index (χ2v) is 8.09. The highest BCUT2D eigenvalue weighted by Crippen LogP contribution is 2.20. The number of nitrogens with zero attached hydrogens (tertiary/aromatic N) is 1. The fourth-order valence-corrected chi connectivity index (χ4v) is 3.59. The van der Waals surface area contributed by atoms with Crippen molar-refractivity contribution in [3.8, 4) is 11.5 Å². The molecule has 2 aromatic rings. The minimum Gasteiger partial charge on any atom is -0.508 e. The summed E-state index contributed by atoms with van der Waals surface area (Å²) in [4.78, 5) is 20.3. The maximum Gasteiger partial charge on any atom is 0.414 e. The summed E-state index contributed by atoms with van der Waals surface area (Å²) in [5, 5.41) is 35.4. The number of aliphatic hydroxyl groups is 1. The first-order valence-electron chi connectivity index (χ1n) is 11.2. The van der Waals surface area contributed by atoms with E-state index < -0.39 is 18.0 Å². The third-order valence-electron chi connectivity index (χ3n) is 5.24. The number of aliphatic carboxylic acids is 2. The zero-order valence-electron chi connectivity index (χ0n) is 19.7. The first-order valence-corrected chi connectivity index (χ1v) is 11.2. The summed E-state index contributed by atoms with van der Waals surface area (Å²) in [7, 11) is 1.64. The normalized spacial score (nSPS) is 15.8. The minimum absolute atomic E-state index is 0.172. The number of aromatic hydroxyl groups is 1. The van der Waals surface area contributed by atoms with Crippen molar-refractivity contribution in [1.29, 1.82) is 0 Å². The molecule has 35 heavy (non-hydrogen) atoms. The summed E-state index contributed by atoms with van der Waals surface area (Å²) in [6.07, 6.45) is 1.64. The maximum absolute atomic E-state index is 10.5. The van der Waals surface area contributed by atoms with Gasteiger partial charge < -0.3 is 34.6 Å². The van der Waals surface area contributed by atoms with Crippen molar-refractivity contribution in [2.45, 2.75) is 38.2 Å². The van der Waals surface area contributed by atoms with Crippen LogP contribution in [0.3, 0.4) is 0 Å². The number of phenols is 1. The Balaban J connectivity index is 0.000000641. The van der Waals surface area contributed by atoms with E-state index >= 15 is 0 Å². The van der Waals surface area contributed by atoms with Gasteiger partial charge in [0.2, 0.25) is 0 Å². The quantitative estimate of drug-likeness (QED) is 0.345. The van der Waals surface area contributed by atoms with E-state index in [0.717, 1.165) is 42.9 Å². The van der Waals surface area contributed by atoms with E-state index in [4.69, 9.17) is 34.0 Å². The molecule has 1 heterocycles. The van der Waals surface area contributed by atoms with Crippen molar-refractivity contribution in [2.75, 3.05) is 33.4 Å². The lowest BCUT2D eigenvalue weighted by Gasteiger charge is -2.27. The highest BCUT2D eigenvalue weighted by atomic mass is 16.5. The van der Waals surface area contributed by atoms with Crippen LogP contribution in [0.15, 0.2) is 48.5 Å². The summed E-state index contributed by atoms with van der Waals surface area (Å²) >= 11 is 0. The lowest BCUT2D eigenvalue weighted by Crippen LogP contribution is -2.39. The molecule has 0 saturated carbocycles. The van der Waals surface area contributed by atoms with Gasteiger partial charge >= 0.3 is 11.9 Å². The number of methoxy groups -OCH3 is 1. The van der Waals surface area contributed by atoms with Crippen LogP contribution >= 0.6 is 0 Å². The highest BCUT2D eigenvalue weighted by Gasteiger charge is 2.22. The Morgan fingerprint density at radius 1 is 1.14 bits per heavy atom. The van der Waals surface area contributed by atoms with Crippen LogP contribution in [0.2, 0.25) is 0 Å². The Bertz CT molecular complexity index is 919. The summed E-state index contributed by atoms with van der Waals surface area (Å²) in [6.45, 7) is 3.17. The van der Waals surface area contributed by atoms with Crippen LogP contribution in [0, 0.1) is 0 Å². The Kier molecular flexibility index (Phi) is 12.0.